The maximum atomic E-state index is 12.4. The number of aliphatic hydroxyl groups is 1. The van der Waals surface area contributed by atoms with Gasteiger partial charge in [0, 0.05) is 0 Å². The van der Waals surface area contributed by atoms with Crippen LogP contribution in [0.4, 0.5) is 4.79 Å². The van der Waals surface area contributed by atoms with Crippen molar-refractivity contribution in [1.82, 2.24) is 4.90 Å². The third kappa shape index (κ3) is 4.83. The Hall–Kier alpha value is -1.36. The number of carbonyl (C=O) groups excluding carboxylic acids is 2. The summed E-state index contributed by atoms with van der Waals surface area (Å²) in [6, 6.07) is -0.248. The van der Waals surface area contributed by atoms with Crippen LogP contribution >= 0.6 is 0 Å². The topological polar surface area (TPSA) is 66.8 Å². The van der Waals surface area contributed by atoms with Crippen LogP contribution in [0.25, 0.3) is 0 Å². The van der Waals surface area contributed by atoms with Crippen LogP contribution in [0.15, 0.2) is 12.2 Å². The molecule has 1 rings (SSSR count). The molecule has 0 unspecified atom stereocenters. The molecule has 1 heterocycles. The van der Waals surface area contributed by atoms with Crippen molar-refractivity contribution in [3.63, 3.8) is 0 Å². The Morgan fingerprint density at radius 1 is 1.41 bits per heavy atom. The summed E-state index contributed by atoms with van der Waals surface area (Å²) in [6.07, 6.45) is 3.00. The molecule has 0 radical (unpaired) electrons. The molecule has 22 heavy (non-hydrogen) atoms. The van der Waals surface area contributed by atoms with Crippen LogP contribution in [0, 0.1) is 17.3 Å². The average molecular weight is 311 g/mol. The van der Waals surface area contributed by atoms with E-state index >= 15 is 0 Å². The van der Waals surface area contributed by atoms with E-state index in [1.807, 2.05) is 34.6 Å². The number of nitrogens with zero attached hydrogens (tertiary/aromatic N) is 1. The summed E-state index contributed by atoms with van der Waals surface area (Å²) < 4.78 is 5.03. The first-order valence-electron chi connectivity index (χ1n) is 7.90. The smallest absolute Gasteiger partial charge is 0.417 e. The first kappa shape index (κ1) is 18.7. The van der Waals surface area contributed by atoms with Gasteiger partial charge >= 0.3 is 6.09 Å². The van der Waals surface area contributed by atoms with Gasteiger partial charge in [-0.05, 0) is 36.7 Å². The van der Waals surface area contributed by atoms with Gasteiger partial charge in [-0.3, -0.25) is 4.79 Å². The lowest BCUT2D eigenvalue weighted by atomic mass is 9.86. The number of ether oxygens (including phenoxy) is 1. The summed E-state index contributed by atoms with van der Waals surface area (Å²) in [5.41, 5.74) is -0.221. The lowest BCUT2D eigenvalue weighted by Crippen LogP contribution is -2.45. The Balaban J connectivity index is 2.74. The van der Waals surface area contributed by atoms with Crippen LogP contribution in [-0.4, -0.2) is 40.8 Å². The number of imide groups is 1. The molecular weight excluding hydrogens is 282 g/mol. The van der Waals surface area contributed by atoms with Crippen LogP contribution in [0.5, 0.6) is 0 Å². The van der Waals surface area contributed by atoms with E-state index < -0.39 is 6.09 Å². The van der Waals surface area contributed by atoms with Crippen molar-refractivity contribution in [3.8, 4) is 0 Å². The lowest BCUT2D eigenvalue weighted by molar-refractivity contribution is -0.125. The Morgan fingerprint density at radius 3 is 2.50 bits per heavy atom. The molecule has 5 nitrogen and oxygen atoms in total. The van der Waals surface area contributed by atoms with E-state index in [1.165, 1.54) is 11.0 Å². The molecule has 0 aliphatic carbocycles. The Labute approximate surface area is 133 Å². The molecule has 1 N–H and O–H groups in total. The number of amides is 2. The molecule has 0 saturated carbocycles. The highest BCUT2D eigenvalue weighted by Gasteiger charge is 2.43. The number of hydrogen-bond acceptors (Lipinski definition) is 4. The lowest BCUT2D eigenvalue weighted by Gasteiger charge is -2.30. The van der Waals surface area contributed by atoms with Crippen LogP contribution in [-0.2, 0) is 9.53 Å². The molecule has 0 aromatic rings. The van der Waals surface area contributed by atoms with E-state index in [4.69, 9.17) is 4.74 Å². The Morgan fingerprint density at radius 2 is 2.00 bits per heavy atom. The fourth-order valence-corrected chi connectivity index (χ4v) is 2.56. The maximum absolute atomic E-state index is 12.4. The van der Waals surface area contributed by atoms with E-state index in [2.05, 4.69) is 0 Å². The van der Waals surface area contributed by atoms with Gasteiger partial charge in [0.2, 0.25) is 0 Å². The second-order valence-electron chi connectivity index (χ2n) is 7.45. The standard InChI is InChI=1S/C17H29NO4/c1-11(12(2)9-13(3)19)7-8-15(20)18-14(17(4,5)6)10-22-16(18)21/h7-8,11-14,19H,9-10H2,1-6H3/b8-7+/t11-,12-,13+,14-/m1/s1. The number of allylic oxidation sites excluding steroid dienone is 1. The first-order chi connectivity index (χ1) is 10.0. The van der Waals surface area contributed by atoms with Crippen molar-refractivity contribution < 1.29 is 19.4 Å². The number of carbonyl (C=O) groups is 2. The molecule has 1 fully saturated rings. The van der Waals surface area contributed by atoms with E-state index in [1.54, 1.807) is 13.0 Å². The van der Waals surface area contributed by atoms with E-state index in [-0.39, 0.29) is 41.9 Å². The van der Waals surface area contributed by atoms with Crippen LogP contribution in [0.3, 0.4) is 0 Å². The molecule has 0 bridgehead atoms. The summed E-state index contributed by atoms with van der Waals surface area (Å²) >= 11 is 0. The van der Waals surface area contributed by atoms with Gasteiger partial charge in [-0.2, -0.15) is 0 Å². The van der Waals surface area contributed by atoms with Gasteiger partial charge in [0.05, 0.1) is 12.1 Å². The molecule has 0 aromatic heterocycles. The number of rotatable bonds is 5. The summed E-state index contributed by atoms with van der Waals surface area (Å²) in [6.45, 7) is 12.0. The third-order valence-electron chi connectivity index (χ3n) is 4.26. The van der Waals surface area contributed by atoms with Gasteiger partial charge in [-0.25, -0.2) is 9.69 Å². The highest BCUT2D eigenvalue weighted by Crippen LogP contribution is 2.29. The number of aliphatic hydroxyl groups excluding tert-OH is 1. The zero-order valence-corrected chi connectivity index (χ0v) is 14.5. The molecular formula is C17H29NO4. The third-order valence-corrected chi connectivity index (χ3v) is 4.26. The summed E-state index contributed by atoms with van der Waals surface area (Å²) in [4.78, 5) is 25.4. The van der Waals surface area contributed by atoms with Gasteiger partial charge in [0.15, 0.2) is 0 Å². The number of cyclic esters (lactones) is 1. The van der Waals surface area contributed by atoms with Crippen LogP contribution < -0.4 is 0 Å². The summed E-state index contributed by atoms with van der Waals surface area (Å²) in [5.74, 6) is 0.0665. The van der Waals surface area contributed by atoms with Crippen molar-refractivity contribution in [3.05, 3.63) is 12.2 Å². The van der Waals surface area contributed by atoms with Gasteiger partial charge in [-0.15, -0.1) is 0 Å². The molecule has 1 aliphatic heterocycles. The molecule has 2 amide bonds. The monoisotopic (exact) mass is 311 g/mol. The minimum absolute atomic E-state index is 0.144. The van der Waals surface area contributed by atoms with E-state index in [0.29, 0.717) is 6.42 Å². The van der Waals surface area contributed by atoms with Gasteiger partial charge in [0.25, 0.3) is 5.91 Å². The highest BCUT2D eigenvalue weighted by molar-refractivity contribution is 5.99. The minimum atomic E-state index is -0.570. The summed E-state index contributed by atoms with van der Waals surface area (Å²) in [7, 11) is 0. The van der Waals surface area contributed by atoms with Gasteiger partial charge in [-0.1, -0.05) is 40.7 Å². The highest BCUT2D eigenvalue weighted by atomic mass is 16.6. The van der Waals surface area contributed by atoms with Crippen molar-refractivity contribution in [2.24, 2.45) is 17.3 Å². The molecule has 0 spiro atoms. The molecule has 1 aliphatic rings. The van der Waals surface area contributed by atoms with E-state index in [0.717, 1.165) is 0 Å². The van der Waals surface area contributed by atoms with Crippen molar-refractivity contribution in [2.45, 2.75) is 60.1 Å². The Kier molecular flexibility index (Phi) is 6.17. The predicted molar refractivity (Wildman–Crippen MR) is 85.2 cm³/mol. The van der Waals surface area contributed by atoms with E-state index in [9.17, 15) is 14.7 Å². The zero-order valence-electron chi connectivity index (χ0n) is 14.5. The largest absolute Gasteiger partial charge is 0.447 e. The minimum Gasteiger partial charge on any atom is -0.447 e. The normalized spacial score (nSPS) is 23.5. The fourth-order valence-electron chi connectivity index (χ4n) is 2.56. The fraction of sp³-hybridized carbons (Fsp3) is 0.765. The summed E-state index contributed by atoms with van der Waals surface area (Å²) in [5, 5.41) is 9.42. The Bertz CT molecular complexity index is 436. The predicted octanol–water partition coefficient (Wildman–Crippen LogP) is 2.98. The SMILES string of the molecule is C[C@H](O)C[C@@H](C)[C@H](C)/C=C/C(=O)N1C(=O)OC[C@@H]1C(C)(C)C. The van der Waals surface area contributed by atoms with Crippen LogP contribution in [0.2, 0.25) is 0 Å². The molecule has 126 valence electrons. The van der Waals surface area contributed by atoms with Crippen LogP contribution in [0.1, 0.15) is 48.0 Å². The second kappa shape index (κ2) is 7.27. The van der Waals surface area contributed by atoms with Crippen molar-refractivity contribution in [2.75, 3.05) is 6.61 Å². The van der Waals surface area contributed by atoms with Gasteiger partial charge < -0.3 is 9.84 Å². The van der Waals surface area contributed by atoms with Crippen molar-refractivity contribution in [1.29, 1.82) is 0 Å². The number of hydrogen-bond donors (Lipinski definition) is 1. The molecule has 1 saturated heterocycles. The first-order valence-corrected chi connectivity index (χ1v) is 7.90. The zero-order chi connectivity index (χ0) is 17.1. The van der Waals surface area contributed by atoms with Gasteiger partial charge in [0.1, 0.15) is 6.61 Å². The van der Waals surface area contributed by atoms with Crippen molar-refractivity contribution >= 4 is 12.0 Å². The maximum Gasteiger partial charge on any atom is 0.417 e. The second-order valence-corrected chi connectivity index (χ2v) is 7.45. The average Bonchev–Trinajstić information content (AvgIpc) is 2.76. The molecule has 5 heteroatoms. The molecule has 4 atom stereocenters. The quantitative estimate of drug-likeness (QED) is 0.793. The molecule has 0 aromatic carbocycles.